The third-order valence-corrected chi connectivity index (χ3v) is 3.09. The minimum atomic E-state index is -1.04. The first-order chi connectivity index (χ1) is 9.58. The van der Waals surface area contributed by atoms with E-state index >= 15 is 0 Å². The summed E-state index contributed by atoms with van der Waals surface area (Å²) in [5.74, 6) is -1.33. The Morgan fingerprint density at radius 3 is 2.50 bits per heavy atom. The number of rotatable bonds is 8. The number of amides is 1. The smallest absolute Gasteiger partial charge is 0.326 e. The minimum Gasteiger partial charge on any atom is -0.480 e. The van der Waals surface area contributed by atoms with Crippen molar-refractivity contribution >= 4 is 11.9 Å². The Morgan fingerprint density at radius 2 is 1.95 bits per heavy atom. The van der Waals surface area contributed by atoms with Crippen LogP contribution in [-0.4, -0.2) is 36.7 Å². The summed E-state index contributed by atoms with van der Waals surface area (Å²) in [6.45, 7) is 2.32. The van der Waals surface area contributed by atoms with Crippen molar-refractivity contribution < 1.29 is 19.4 Å². The summed E-state index contributed by atoms with van der Waals surface area (Å²) in [5, 5.41) is 11.6. The van der Waals surface area contributed by atoms with Crippen LogP contribution in [0.5, 0.6) is 0 Å². The molecule has 1 atom stereocenters. The van der Waals surface area contributed by atoms with Gasteiger partial charge in [-0.05, 0) is 17.5 Å². The molecule has 1 aromatic carbocycles. The van der Waals surface area contributed by atoms with Gasteiger partial charge in [-0.15, -0.1) is 0 Å². The van der Waals surface area contributed by atoms with Crippen LogP contribution in [0.2, 0.25) is 0 Å². The summed E-state index contributed by atoms with van der Waals surface area (Å²) in [6, 6.07) is 6.77. The summed E-state index contributed by atoms with van der Waals surface area (Å²) >= 11 is 0. The Kier molecular flexibility index (Phi) is 6.73. The van der Waals surface area contributed by atoms with Crippen LogP contribution in [-0.2, 0) is 27.2 Å². The van der Waals surface area contributed by atoms with E-state index in [9.17, 15) is 9.59 Å². The number of carbonyl (C=O) groups is 2. The number of benzene rings is 1. The van der Waals surface area contributed by atoms with Crippen LogP contribution in [0.3, 0.4) is 0 Å². The zero-order chi connectivity index (χ0) is 15.0. The predicted octanol–water partition coefficient (Wildman–Crippen LogP) is 1.40. The van der Waals surface area contributed by atoms with Gasteiger partial charge >= 0.3 is 5.97 Å². The molecule has 0 aliphatic heterocycles. The average molecular weight is 279 g/mol. The van der Waals surface area contributed by atoms with E-state index in [1.807, 2.05) is 31.2 Å². The van der Waals surface area contributed by atoms with Crippen molar-refractivity contribution in [3.63, 3.8) is 0 Å². The standard InChI is InChI=1S/C15H21NO4/c1-3-11-6-4-5-7-12(11)10-14(17)16-13(15(18)19)8-9-20-2/h4-7,13H,3,8-10H2,1-2H3,(H,16,17)(H,18,19). The normalized spacial score (nSPS) is 11.9. The number of nitrogens with one attached hydrogen (secondary N) is 1. The van der Waals surface area contributed by atoms with E-state index in [-0.39, 0.29) is 18.7 Å². The van der Waals surface area contributed by atoms with Crippen molar-refractivity contribution in [1.82, 2.24) is 5.32 Å². The fourth-order valence-electron chi connectivity index (χ4n) is 1.99. The lowest BCUT2D eigenvalue weighted by molar-refractivity contribution is -0.142. The van der Waals surface area contributed by atoms with E-state index in [0.717, 1.165) is 17.5 Å². The fourth-order valence-corrected chi connectivity index (χ4v) is 1.99. The van der Waals surface area contributed by atoms with Gasteiger partial charge in [-0.3, -0.25) is 4.79 Å². The first kappa shape index (κ1) is 16.2. The van der Waals surface area contributed by atoms with Crippen molar-refractivity contribution in [2.75, 3.05) is 13.7 Å². The highest BCUT2D eigenvalue weighted by Crippen LogP contribution is 2.10. The van der Waals surface area contributed by atoms with Gasteiger partial charge in [0.05, 0.1) is 6.42 Å². The molecule has 1 aromatic rings. The lowest BCUT2D eigenvalue weighted by Crippen LogP contribution is -2.42. The number of carbonyl (C=O) groups excluding carboxylic acids is 1. The molecule has 0 radical (unpaired) electrons. The van der Waals surface area contributed by atoms with Crippen LogP contribution >= 0.6 is 0 Å². The Bertz CT molecular complexity index is 459. The summed E-state index contributed by atoms with van der Waals surface area (Å²) in [6.07, 6.45) is 1.29. The fraction of sp³-hybridized carbons (Fsp3) is 0.467. The molecule has 2 N–H and O–H groups in total. The van der Waals surface area contributed by atoms with Crippen LogP contribution in [0, 0.1) is 0 Å². The molecule has 0 bridgehead atoms. The van der Waals surface area contributed by atoms with Crippen LogP contribution in [0.15, 0.2) is 24.3 Å². The highest BCUT2D eigenvalue weighted by Gasteiger charge is 2.19. The van der Waals surface area contributed by atoms with E-state index in [1.165, 1.54) is 7.11 Å². The Morgan fingerprint density at radius 1 is 1.30 bits per heavy atom. The van der Waals surface area contributed by atoms with Crippen molar-refractivity contribution in [2.24, 2.45) is 0 Å². The zero-order valence-electron chi connectivity index (χ0n) is 11.9. The minimum absolute atomic E-state index is 0.195. The predicted molar refractivity (Wildman–Crippen MR) is 75.6 cm³/mol. The van der Waals surface area contributed by atoms with Gasteiger partial charge in [-0.1, -0.05) is 31.2 Å². The monoisotopic (exact) mass is 279 g/mol. The molecule has 20 heavy (non-hydrogen) atoms. The molecule has 0 aliphatic carbocycles. The largest absolute Gasteiger partial charge is 0.480 e. The maximum atomic E-state index is 11.9. The average Bonchev–Trinajstić information content (AvgIpc) is 2.43. The van der Waals surface area contributed by atoms with Gasteiger partial charge in [-0.2, -0.15) is 0 Å². The second-order valence-electron chi connectivity index (χ2n) is 4.54. The lowest BCUT2D eigenvalue weighted by atomic mass is 10.0. The zero-order valence-corrected chi connectivity index (χ0v) is 11.9. The molecule has 0 heterocycles. The molecule has 0 fully saturated rings. The molecule has 0 saturated heterocycles. The quantitative estimate of drug-likeness (QED) is 0.754. The van der Waals surface area contributed by atoms with Crippen LogP contribution in [0.25, 0.3) is 0 Å². The van der Waals surface area contributed by atoms with Crippen LogP contribution < -0.4 is 5.32 Å². The van der Waals surface area contributed by atoms with Crippen molar-refractivity contribution in [3.05, 3.63) is 35.4 Å². The van der Waals surface area contributed by atoms with Crippen molar-refractivity contribution in [3.8, 4) is 0 Å². The van der Waals surface area contributed by atoms with Gasteiger partial charge in [0.15, 0.2) is 0 Å². The van der Waals surface area contributed by atoms with Gasteiger partial charge < -0.3 is 15.2 Å². The van der Waals surface area contributed by atoms with Gasteiger partial charge in [0, 0.05) is 20.1 Å². The van der Waals surface area contributed by atoms with Crippen LogP contribution in [0.4, 0.5) is 0 Å². The number of aryl methyl sites for hydroxylation is 1. The molecule has 1 amide bonds. The summed E-state index contributed by atoms with van der Waals surface area (Å²) in [4.78, 5) is 23.0. The number of methoxy groups -OCH3 is 1. The molecule has 1 rings (SSSR count). The summed E-state index contributed by atoms with van der Waals surface area (Å²) in [7, 11) is 1.50. The van der Waals surface area contributed by atoms with E-state index < -0.39 is 12.0 Å². The first-order valence-electron chi connectivity index (χ1n) is 6.66. The number of carboxylic acid groups (broad SMARTS) is 1. The second kappa shape index (κ2) is 8.32. The molecular weight excluding hydrogens is 258 g/mol. The molecule has 1 unspecified atom stereocenters. The molecule has 0 aromatic heterocycles. The van der Waals surface area contributed by atoms with Crippen molar-refractivity contribution in [2.45, 2.75) is 32.2 Å². The Labute approximate surface area is 118 Å². The summed E-state index contributed by atoms with van der Waals surface area (Å²) in [5.41, 5.74) is 2.04. The molecule has 110 valence electrons. The molecule has 0 saturated carbocycles. The molecular formula is C15H21NO4. The van der Waals surface area contributed by atoms with Gasteiger partial charge in [0.2, 0.25) is 5.91 Å². The Hall–Kier alpha value is -1.88. The first-order valence-corrected chi connectivity index (χ1v) is 6.66. The number of aliphatic carboxylic acids is 1. The summed E-state index contributed by atoms with van der Waals surface area (Å²) < 4.78 is 4.84. The molecule has 0 spiro atoms. The van der Waals surface area contributed by atoms with Crippen LogP contribution in [0.1, 0.15) is 24.5 Å². The maximum Gasteiger partial charge on any atom is 0.326 e. The van der Waals surface area contributed by atoms with E-state index in [4.69, 9.17) is 9.84 Å². The maximum absolute atomic E-state index is 11.9. The third kappa shape index (κ3) is 5.01. The lowest BCUT2D eigenvalue weighted by Gasteiger charge is -2.15. The highest BCUT2D eigenvalue weighted by molar-refractivity contribution is 5.85. The van der Waals surface area contributed by atoms with Gasteiger partial charge in [-0.25, -0.2) is 4.79 Å². The topological polar surface area (TPSA) is 75.6 Å². The SMILES string of the molecule is CCc1ccccc1CC(=O)NC(CCOC)C(=O)O. The van der Waals surface area contributed by atoms with Gasteiger partial charge in [0.1, 0.15) is 6.04 Å². The Balaban J connectivity index is 2.63. The highest BCUT2D eigenvalue weighted by atomic mass is 16.5. The van der Waals surface area contributed by atoms with E-state index in [2.05, 4.69) is 5.32 Å². The molecule has 0 aliphatic rings. The van der Waals surface area contributed by atoms with Crippen molar-refractivity contribution in [1.29, 1.82) is 0 Å². The number of ether oxygens (including phenoxy) is 1. The molecule has 5 nitrogen and oxygen atoms in total. The third-order valence-electron chi connectivity index (χ3n) is 3.09. The number of hydrogen-bond acceptors (Lipinski definition) is 3. The van der Waals surface area contributed by atoms with E-state index in [1.54, 1.807) is 0 Å². The van der Waals surface area contributed by atoms with Gasteiger partial charge in [0.25, 0.3) is 0 Å². The second-order valence-corrected chi connectivity index (χ2v) is 4.54. The molecule has 5 heteroatoms. The number of hydrogen-bond donors (Lipinski definition) is 2. The number of carboxylic acids is 1. The van der Waals surface area contributed by atoms with E-state index in [0.29, 0.717) is 6.61 Å².